The maximum atomic E-state index is 4.74. The number of fused-ring (bicyclic) bond motifs is 1. The normalized spacial score (nSPS) is 14.0. The van der Waals surface area contributed by atoms with E-state index in [-0.39, 0.29) is 0 Å². The number of aryl methyl sites for hydroxylation is 1. The van der Waals surface area contributed by atoms with Gasteiger partial charge in [-0.2, -0.15) is 0 Å². The third-order valence-electron chi connectivity index (χ3n) is 8.96. The lowest BCUT2D eigenvalue weighted by Gasteiger charge is -2.29. The van der Waals surface area contributed by atoms with Crippen LogP contribution in [0.5, 0.6) is 0 Å². The first-order chi connectivity index (χ1) is 21.6. The Labute approximate surface area is 267 Å². The average Bonchev–Trinajstić information content (AvgIpc) is 3.37. The van der Waals surface area contributed by atoms with Crippen LogP contribution >= 0.6 is 0 Å². The van der Waals surface area contributed by atoms with E-state index >= 15 is 0 Å². The second kappa shape index (κ2) is 12.4. The van der Waals surface area contributed by atoms with E-state index in [1.165, 1.54) is 34.7 Å². The second-order valence-electron chi connectivity index (χ2n) is 14.2. The Morgan fingerprint density at radius 2 is 1.44 bits per heavy atom. The molecule has 0 unspecified atom stereocenters. The van der Waals surface area contributed by atoms with Crippen LogP contribution in [0.4, 0.5) is 0 Å². The average molecular weight is 599 g/mol. The van der Waals surface area contributed by atoms with Crippen molar-refractivity contribution in [3.05, 3.63) is 110 Å². The molecule has 232 valence electrons. The zero-order valence-corrected chi connectivity index (χ0v) is 27.2. The predicted octanol–water partition coefficient (Wildman–Crippen LogP) is 9.11. The van der Waals surface area contributed by atoms with Gasteiger partial charge in [0.25, 0.3) is 0 Å². The van der Waals surface area contributed by atoms with Gasteiger partial charge in [-0.15, -0.1) is 0 Å². The zero-order valence-electron chi connectivity index (χ0n) is 27.2. The molecule has 0 spiro atoms. The number of hydrogen-bond donors (Lipinski definition) is 3. The summed E-state index contributed by atoms with van der Waals surface area (Å²) >= 11 is 0. The summed E-state index contributed by atoms with van der Waals surface area (Å²) < 4.78 is 0. The molecule has 3 N–H and O–H groups in total. The molecular weight excluding hydrogens is 552 g/mol. The van der Waals surface area contributed by atoms with Gasteiger partial charge in [0.1, 0.15) is 11.6 Å². The standard InChI is InChI=1S/C39H46N6/c1-7-40-22-27(2)45(26-39(6)18-19-39)25-37-42-24-35(44-37)33-15-14-31-20-30(12-13-32(31)21-33)28-8-10-29(11-9-28)34-23-41-36(43-34)16-17-38(3,4)5/h7-15,20-21,23-24,40H,1-2,16-19,22,25-26H2,3-6H3,(H,41,43)(H,42,44). The minimum Gasteiger partial charge on any atom is -0.386 e. The number of H-pyrrole nitrogens is 2. The minimum absolute atomic E-state index is 0.300. The lowest BCUT2D eigenvalue weighted by molar-refractivity contribution is 0.267. The molecule has 3 aromatic carbocycles. The fraction of sp³-hybridized carbons (Fsp3) is 0.333. The Kier molecular flexibility index (Phi) is 8.41. The van der Waals surface area contributed by atoms with Crippen LogP contribution in [0.1, 0.15) is 58.6 Å². The summed E-state index contributed by atoms with van der Waals surface area (Å²) in [5.41, 5.74) is 8.52. The fourth-order valence-electron chi connectivity index (χ4n) is 5.75. The number of imidazole rings is 2. The quantitative estimate of drug-likeness (QED) is 0.126. The number of nitrogens with zero attached hydrogens (tertiary/aromatic N) is 3. The van der Waals surface area contributed by atoms with Gasteiger partial charge in [0.05, 0.1) is 36.9 Å². The van der Waals surface area contributed by atoms with E-state index in [9.17, 15) is 0 Å². The maximum Gasteiger partial charge on any atom is 0.126 e. The molecule has 6 rings (SSSR count). The number of benzene rings is 3. The van der Waals surface area contributed by atoms with Crippen molar-refractivity contribution in [2.24, 2.45) is 10.8 Å². The largest absolute Gasteiger partial charge is 0.386 e. The van der Waals surface area contributed by atoms with E-state index in [0.717, 1.165) is 59.2 Å². The number of hydrogen-bond acceptors (Lipinski definition) is 4. The van der Waals surface area contributed by atoms with Gasteiger partial charge in [0, 0.05) is 24.2 Å². The first-order valence-corrected chi connectivity index (χ1v) is 16.1. The van der Waals surface area contributed by atoms with E-state index in [0.29, 0.717) is 23.9 Å². The molecule has 0 saturated heterocycles. The molecule has 1 fully saturated rings. The Morgan fingerprint density at radius 3 is 2.11 bits per heavy atom. The third kappa shape index (κ3) is 7.56. The molecule has 0 bridgehead atoms. The highest BCUT2D eigenvalue weighted by Gasteiger charge is 2.39. The van der Waals surface area contributed by atoms with E-state index in [4.69, 9.17) is 4.98 Å². The lowest BCUT2D eigenvalue weighted by atomic mass is 9.90. The van der Waals surface area contributed by atoms with E-state index in [1.54, 1.807) is 6.20 Å². The molecule has 6 nitrogen and oxygen atoms in total. The molecule has 5 aromatic rings. The molecule has 2 aromatic heterocycles. The summed E-state index contributed by atoms with van der Waals surface area (Å²) in [4.78, 5) is 18.8. The first-order valence-electron chi connectivity index (χ1n) is 16.1. The number of aromatic nitrogens is 4. The van der Waals surface area contributed by atoms with Crippen LogP contribution in [0, 0.1) is 10.8 Å². The van der Waals surface area contributed by atoms with Crippen molar-refractivity contribution in [2.45, 2.75) is 59.9 Å². The topological polar surface area (TPSA) is 72.6 Å². The maximum absolute atomic E-state index is 4.74. The van der Waals surface area contributed by atoms with Gasteiger partial charge in [0.15, 0.2) is 0 Å². The summed E-state index contributed by atoms with van der Waals surface area (Å²) in [6, 6.07) is 22.1. The van der Waals surface area contributed by atoms with Crippen LogP contribution in [0.3, 0.4) is 0 Å². The van der Waals surface area contributed by atoms with Crippen LogP contribution in [0.15, 0.2) is 98.1 Å². The van der Waals surface area contributed by atoms with Crippen LogP contribution in [0.25, 0.3) is 44.4 Å². The van der Waals surface area contributed by atoms with Gasteiger partial charge in [0.2, 0.25) is 0 Å². The van der Waals surface area contributed by atoms with Crippen molar-refractivity contribution in [1.29, 1.82) is 0 Å². The fourth-order valence-corrected chi connectivity index (χ4v) is 5.75. The molecule has 1 aliphatic rings. The molecule has 2 heterocycles. The monoisotopic (exact) mass is 598 g/mol. The summed E-state index contributed by atoms with van der Waals surface area (Å²) in [7, 11) is 0. The molecular formula is C39H46N6. The zero-order chi connectivity index (χ0) is 31.6. The van der Waals surface area contributed by atoms with Gasteiger partial charge in [-0.1, -0.05) is 89.4 Å². The van der Waals surface area contributed by atoms with Gasteiger partial charge in [-0.05, 0) is 75.9 Å². The van der Waals surface area contributed by atoms with Crippen molar-refractivity contribution in [3.63, 3.8) is 0 Å². The first kappa shape index (κ1) is 30.4. The highest BCUT2D eigenvalue weighted by molar-refractivity contribution is 5.90. The summed E-state index contributed by atoms with van der Waals surface area (Å²) in [5.74, 6) is 2.00. The lowest BCUT2D eigenvalue weighted by Crippen LogP contribution is -2.32. The van der Waals surface area contributed by atoms with Crippen molar-refractivity contribution in [1.82, 2.24) is 30.2 Å². The minimum atomic E-state index is 0.300. The Bertz CT molecular complexity index is 1800. The molecule has 45 heavy (non-hydrogen) atoms. The SMILES string of the molecule is C=CNCC(=C)N(Cc1ncc(-c2ccc3cc(-c4ccc(-c5cnc(CCC(C)(C)C)[nH]5)cc4)ccc3c2)[nH]1)CC1(C)CC1. The Hall–Kier alpha value is -4.58. The van der Waals surface area contributed by atoms with Gasteiger partial charge >= 0.3 is 0 Å². The summed E-state index contributed by atoms with van der Waals surface area (Å²) in [5, 5.41) is 5.61. The van der Waals surface area contributed by atoms with Gasteiger partial charge in [-0.25, -0.2) is 9.97 Å². The number of nitrogens with one attached hydrogen (secondary N) is 3. The van der Waals surface area contributed by atoms with Crippen LogP contribution in [-0.2, 0) is 13.0 Å². The van der Waals surface area contributed by atoms with E-state index < -0.39 is 0 Å². The van der Waals surface area contributed by atoms with Crippen molar-refractivity contribution in [2.75, 3.05) is 13.1 Å². The van der Waals surface area contributed by atoms with Crippen LogP contribution in [0.2, 0.25) is 0 Å². The second-order valence-corrected chi connectivity index (χ2v) is 14.2. The van der Waals surface area contributed by atoms with Gasteiger partial charge < -0.3 is 20.2 Å². The molecule has 0 atom stereocenters. The summed E-state index contributed by atoms with van der Waals surface area (Å²) in [6.07, 6.45) is 10.2. The van der Waals surface area contributed by atoms with Crippen LogP contribution < -0.4 is 5.32 Å². The highest BCUT2D eigenvalue weighted by atomic mass is 15.2. The Balaban J connectivity index is 1.14. The summed E-state index contributed by atoms with van der Waals surface area (Å²) in [6.45, 7) is 19.6. The Morgan fingerprint density at radius 1 is 0.867 bits per heavy atom. The molecule has 6 heteroatoms. The third-order valence-corrected chi connectivity index (χ3v) is 8.96. The predicted molar refractivity (Wildman–Crippen MR) is 187 cm³/mol. The molecule has 0 amide bonds. The van der Waals surface area contributed by atoms with E-state index in [2.05, 4.69) is 127 Å². The number of rotatable bonds is 13. The van der Waals surface area contributed by atoms with Crippen molar-refractivity contribution >= 4 is 10.8 Å². The molecule has 1 saturated carbocycles. The smallest absolute Gasteiger partial charge is 0.126 e. The van der Waals surface area contributed by atoms with E-state index in [1.807, 2.05) is 12.4 Å². The molecule has 0 aliphatic heterocycles. The van der Waals surface area contributed by atoms with Crippen molar-refractivity contribution in [3.8, 4) is 33.6 Å². The molecule has 1 aliphatic carbocycles. The number of aromatic amines is 2. The van der Waals surface area contributed by atoms with Gasteiger partial charge in [-0.3, -0.25) is 0 Å². The molecule has 0 radical (unpaired) electrons. The highest BCUT2D eigenvalue weighted by Crippen LogP contribution is 2.46. The van der Waals surface area contributed by atoms with Crippen molar-refractivity contribution < 1.29 is 0 Å². The van der Waals surface area contributed by atoms with Crippen LogP contribution in [-0.4, -0.2) is 37.9 Å².